The number of benzene rings is 1. The van der Waals surface area contributed by atoms with Crippen LogP contribution in [0, 0.1) is 0 Å². The number of aldehydes is 1. The number of pyridine rings is 1. The molecule has 0 saturated heterocycles. The van der Waals surface area contributed by atoms with Gasteiger partial charge in [-0.3, -0.25) is 9.78 Å². The molecule has 3 nitrogen and oxygen atoms in total. The first-order valence-corrected chi connectivity index (χ1v) is 6.18. The predicted octanol–water partition coefficient (Wildman–Crippen LogP) is 3.98. The van der Waals surface area contributed by atoms with E-state index in [0.29, 0.717) is 11.3 Å². The van der Waals surface area contributed by atoms with Crippen molar-refractivity contribution in [3.63, 3.8) is 0 Å². The molecule has 2 aromatic rings. The molecule has 0 amide bonds. The smallest absolute Gasteiger partial charge is 0.151 e. The third kappa shape index (κ3) is 3.19. The van der Waals surface area contributed by atoms with Crippen molar-refractivity contribution in [1.82, 2.24) is 4.98 Å². The number of carbonyl (C=O) groups excluding carboxylic acids is 1. The molecule has 0 N–H and O–H groups in total. The Bertz CT molecular complexity index is 585. The highest BCUT2D eigenvalue weighted by Gasteiger charge is 2.18. The number of ether oxygens (including phenoxy) is 1. The molecule has 0 bridgehead atoms. The number of rotatable bonds is 3. The van der Waals surface area contributed by atoms with Crippen LogP contribution < -0.4 is 4.74 Å². The van der Waals surface area contributed by atoms with E-state index >= 15 is 0 Å². The fourth-order valence-corrected chi connectivity index (χ4v) is 1.86. The second-order valence-corrected chi connectivity index (χ2v) is 5.42. The summed E-state index contributed by atoms with van der Waals surface area (Å²) in [6.45, 7) is 6.40. The van der Waals surface area contributed by atoms with Gasteiger partial charge in [-0.25, -0.2) is 0 Å². The van der Waals surface area contributed by atoms with Gasteiger partial charge in [0.15, 0.2) is 6.29 Å². The monoisotopic (exact) mass is 255 g/mol. The van der Waals surface area contributed by atoms with Crippen molar-refractivity contribution < 1.29 is 9.53 Å². The second kappa shape index (κ2) is 5.22. The van der Waals surface area contributed by atoms with Crippen LogP contribution in [0.3, 0.4) is 0 Å². The summed E-state index contributed by atoms with van der Waals surface area (Å²) < 4.78 is 5.86. The molecule has 98 valence electrons. The van der Waals surface area contributed by atoms with E-state index in [1.807, 2.05) is 24.3 Å². The summed E-state index contributed by atoms with van der Waals surface area (Å²) in [5, 5.41) is 0. The van der Waals surface area contributed by atoms with Crippen LogP contribution in [-0.4, -0.2) is 11.3 Å². The minimum atomic E-state index is -0.00765. The Hall–Kier alpha value is -2.16. The number of aromatic nitrogens is 1. The van der Waals surface area contributed by atoms with Gasteiger partial charge in [-0.2, -0.15) is 0 Å². The second-order valence-electron chi connectivity index (χ2n) is 5.42. The van der Waals surface area contributed by atoms with E-state index in [2.05, 4.69) is 25.8 Å². The lowest BCUT2D eigenvalue weighted by atomic mass is 9.86. The third-order valence-corrected chi connectivity index (χ3v) is 2.79. The molecule has 19 heavy (non-hydrogen) atoms. The summed E-state index contributed by atoms with van der Waals surface area (Å²) in [5.74, 6) is 1.36. The third-order valence-electron chi connectivity index (χ3n) is 2.79. The number of nitrogens with zero attached hydrogens (tertiary/aromatic N) is 1. The first kappa shape index (κ1) is 13.3. The molecule has 0 aliphatic heterocycles. The van der Waals surface area contributed by atoms with E-state index in [1.54, 1.807) is 12.3 Å². The fraction of sp³-hybridized carbons (Fsp3) is 0.250. The van der Waals surface area contributed by atoms with Gasteiger partial charge in [0, 0.05) is 17.3 Å². The normalized spacial score (nSPS) is 11.1. The molecule has 0 atom stereocenters. The van der Waals surface area contributed by atoms with E-state index in [9.17, 15) is 4.79 Å². The van der Waals surface area contributed by atoms with Gasteiger partial charge in [0.1, 0.15) is 11.5 Å². The van der Waals surface area contributed by atoms with Crippen LogP contribution in [0.5, 0.6) is 11.5 Å². The zero-order valence-electron chi connectivity index (χ0n) is 11.4. The summed E-state index contributed by atoms with van der Waals surface area (Å²) in [7, 11) is 0. The summed E-state index contributed by atoms with van der Waals surface area (Å²) >= 11 is 0. The lowest BCUT2D eigenvalue weighted by molar-refractivity contribution is 0.112. The van der Waals surface area contributed by atoms with Crippen LogP contribution >= 0.6 is 0 Å². The predicted molar refractivity (Wildman–Crippen MR) is 74.8 cm³/mol. The molecule has 0 aliphatic carbocycles. The van der Waals surface area contributed by atoms with Gasteiger partial charge in [0.2, 0.25) is 0 Å². The Morgan fingerprint density at radius 2 is 1.89 bits per heavy atom. The van der Waals surface area contributed by atoms with Crippen molar-refractivity contribution in [3.05, 3.63) is 53.9 Å². The molecule has 2 rings (SSSR count). The van der Waals surface area contributed by atoms with Crippen molar-refractivity contribution in [2.45, 2.75) is 26.2 Å². The Kier molecular flexibility index (Phi) is 3.65. The van der Waals surface area contributed by atoms with Crippen LogP contribution in [0.2, 0.25) is 0 Å². The van der Waals surface area contributed by atoms with Crippen molar-refractivity contribution >= 4 is 6.29 Å². The highest BCUT2D eigenvalue weighted by atomic mass is 16.5. The maximum Gasteiger partial charge on any atom is 0.151 e. The van der Waals surface area contributed by atoms with Crippen LogP contribution in [0.1, 0.15) is 36.7 Å². The topological polar surface area (TPSA) is 39.2 Å². The van der Waals surface area contributed by atoms with Gasteiger partial charge >= 0.3 is 0 Å². The lowest BCUT2D eigenvalue weighted by Gasteiger charge is -2.22. The van der Waals surface area contributed by atoms with Gasteiger partial charge in [0.05, 0.1) is 6.20 Å². The minimum Gasteiger partial charge on any atom is -0.455 e. The van der Waals surface area contributed by atoms with Crippen LogP contribution in [0.4, 0.5) is 0 Å². The van der Waals surface area contributed by atoms with E-state index in [0.717, 1.165) is 17.6 Å². The van der Waals surface area contributed by atoms with Crippen molar-refractivity contribution in [2.75, 3.05) is 0 Å². The van der Waals surface area contributed by atoms with Crippen molar-refractivity contribution in [2.24, 2.45) is 0 Å². The van der Waals surface area contributed by atoms with E-state index < -0.39 is 0 Å². The lowest BCUT2D eigenvalue weighted by Crippen LogP contribution is -2.12. The molecule has 0 saturated carbocycles. The van der Waals surface area contributed by atoms with E-state index in [-0.39, 0.29) is 5.41 Å². The van der Waals surface area contributed by atoms with Crippen LogP contribution in [0.25, 0.3) is 0 Å². The molecule has 1 aromatic carbocycles. The molecule has 3 heteroatoms. The number of para-hydroxylation sites is 1. The quantitative estimate of drug-likeness (QED) is 0.778. The average Bonchev–Trinajstić information content (AvgIpc) is 2.38. The standard InChI is InChI=1S/C16H17NO2/c1-16(2,3)14-6-4-5-7-15(14)19-13-8-12(11-18)9-17-10-13/h4-11H,1-3H3. The molecular weight excluding hydrogens is 238 g/mol. The highest BCUT2D eigenvalue weighted by Crippen LogP contribution is 2.33. The maximum absolute atomic E-state index is 10.7. The molecule has 0 fully saturated rings. The largest absolute Gasteiger partial charge is 0.455 e. The summed E-state index contributed by atoms with van der Waals surface area (Å²) in [5.41, 5.74) is 1.61. The first-order chi connectivity index (χ1) is 9.00. The summed E-state index contributed by atoms with van der Waals surface area (Å²) in [6.07, 6.45) is 3.87. The SMILES string of the molecule is CC(C)(C)c1ccccc1Oc1cncc(C=O)c1. The molecule has 1 aromatic heterocycles. The summed E-state index contributed by atoms with van der Waals surface area (Å²) in [6, 6.07) is 9.58. The van der Waals surface area contributed by atoms with Gasteiger partial charge in [-0.15, -0.1) is 0 Å². The molecule has 0 spiro atoms. The average molecular weight is 255 g/mol. The Labute approximate surface area is 113 Å². The van der Waals surface area contributed by atoms with Gasteiger partial charge in [-0.05, 0) is 17.5 Å². The zero-order valence-corrected chi connectivity index (χ0v) is 11.4. The van der Waals surface area contributed by atoms with Gasteiger partial charge in [0.25, 0.3) is 0 Å². The van der Waals surface area contributed by atoms with Crippen molar-refractivity contribution in [3.8, 4) is 11.5 Å². The zero-order chi connectivity index (χ0) is 13.9. The number of hydrogen-bond donors (Lipinski definition) is 0. The minimum absolute atomic E-state index is 0.00765. The fourth-order valence-electron chi connectivity index (χ4n) is 1.86. The first-order valence-electron chi connectivity index (χ1n) is 6.18. The van der Waals surface area contributed by atoms with E-state index in [4.69, 9.17) is 4.74 Å². The van der Waals surface area contributed by atoms with Crippen LogP contribution in [-0.2, 0) is 5.41 Å². The van der Waals surface area contributed by atoms with E-state index in [1.165, 1.54) is 6.20 Å². The summed E-state index contributed by atoms with van der Waals surface area (Å²) in [4.78, 5) is 14.7. The molecule has 0 unspecified atom stereocenters. The molecule has 1 heterocycles. The van der Waals surface area contributed by atoms with Crippen LogP contribution in [0.15, 0.2) is 42.7 Å². The van der Waals surface area contributed by atoms with Gasteiger partial charge < -0.3 is 4.74 Å². The highest BCUT2D eigenvalue weighted by molar-refractivity contribution is 5.74. The Morgan fingerprint density at radius 1 is 1.16 bits per heavy atom. The molecular formula is C16H17NO2. The Balaban J connectivity index is 2.35. The van der Waals surface area contributed by atoms with Gasteiger partial charge in [-0.1, -0.05) is 39.0 Å². The number of hydrogen-bond acceptors (Lipinski definition) is 3. The number of carbonyl (C=O) groups is 1. The molecule has 0 aliphatic rings. The maximum atomic E-state index is 10.7. The van der Waals surface area contributed by atoms with Crippen molar-refractivity contribution in [1.29, 1.82) is 0 Å². The Morgan fingerprint density at radius 3 is 2.58 bits per heavy atom. The molecule has 0 radical (unpaired) electrons.